The molecule has 0 spiro atoms. The van der Waals surface area contributed by atoms with Gasteiger partial charge in [-0.2, -0.15) is 4.98 Å². The second kappa shape index (κ2) is 6.33. The zero-order chi connectivity index (χ0) is 16.5. The number of nitrogens with zero attached hydrogens (tertiary/aromatic N) is 4. The van der Waals surface area contributed by atoms with Gasteiger partial charge < -0.3 is 14.2 Å². The van der Waals surface area contributed by atoms with Crippen molar-refractivity contribution in [2.24, 2.45) is 0 Å². The summed E-state index contributed by atoms with van der Waals surface area (Å²) in [6.45, 7) is 5.72. The number of anilines is 1. The van der Waals surface area contributed by atoms with Gasteiger partial charge in [-0.25, -0.2) is 4.98 Å². The van der Waals surface area contributed by atoms with Gasteiger partial charge in [0.2, 0.25) is 0 Å². The van der Waals surface area contributed by atoms with Crippen LogP contribution in [-0.2, 0) is 11.3 Å². The van der Waals surface area contributed by atoms with Crippen molar-refractivity contribution in [3.8, 4) is 0 Å². The number of rotatable bonds is 3. The highest BCUT2D eigenvalue weighted by atomic mass is 32.1. The first-order valence-corrected chi connectivity index (χ1v) is 8.76. The number of fused-ring (bicyclic) bond motifs is 1. The number of aromatic nitrogens is 3. The summed E-state index contributed by atoms with van der Waals surface area (Å²) in [5.41, 5.74) is 2.89. The molecule has 4 rings (SSSR count). The number of benzene rings is 1. The third kappa shape index (κ3) is 2.92. The van der Waals surface area contributed by atoms with E-state index in [2.05, 4.69) is 35.0 Å². The van der Waals surface area contributed by atoms with Crippen molar-refractivity contribution in [3.63, 3.8) is 0 Å². The van der Waals surface area contributed by atoms with Crippen LogP contribution in [0.15, 0.2) is 35.4 Å². The normalized spacial score (nSPS) is 15.1. The Balaban J connectivity index is 1.74. The number of ether oxygens (including phenoxy) is 1. The summed E-state index contributed by atoms with van der Waals surface area (Å²) in [5.74, 6) is 0. The Hall–Kier alpha value is -2.25. The maximum atomic E-state index is 12.1. The zero-order valence-electron chi connectivity index (χ0n) is 13.4. The van der Waals surface area contributed by atoms with Crippen molar-refractivity contribution in [1.82, 2.24) is 14.5 Å². The van der Waals surface area contributed by atoms with Gasteiger partial charge in [-0.3, -0.25) is 4.79 Å². The van der Waals surface area contributed by atoms with E-state index in [1.54, 1.807) is 6.33 Å². The molecular formula is C17H18N4O2S. The van der Waals surface area contributed by atoms with Gasteiger partial charge in [0.05, 0.1) is 19.8 Å². The first kappa shape index (κ1) is 15.3. The largest absolute Gasteiger partial charge is 0.378 e. The van der Waals surface area contributed by atoms with Gasteiger partial charge >= 0.3 is 0 Å². The van der Waals surface area contributed by atoms with Gasteiger partial charge in [0.25, 0.3) is 5.56 Å². The van der Waals surface area contributed by atoms with Gasteiger partial charge in [0.1, 0.15) is 11.0 Å². The quantitative estimate of drug-likeness (QED) is 0.729. The third-order valence-electron chi connectivity index (χ3n) is 4.10. The monoisotopic (exact) mass is 342 g/mol. The van der Waals surface area contributed by atoms with Crippen molar-refractivity contribution < 1.29 is 4.74 Å². The van der Waals surface area contributed by atoms with E-state index in [1.807, 2.05) is 10.6 Å². The second-order valence-corrected chi connectivity index (χ2v) is 6.89. The highest BCUT2D eigenvalue weighted by Crippen LogP contribution is 2.27. The zero-order valence-corrected chi connectivity index (χ0v) is 14.3. The van der Waals surface area contributed by atoms with E-state index in [0.29, 0.717) is 30.1 Å². The van der Waals surface area contributed by atoms with Crippen molar-refractivity contribution in [2.45, 2.75) is 13.5 Å². The Bertz CT molecular complexity index is 928. The number of hydrogen-bond donors (Lipinski definition) is 0. The van der Waals surface area contributed by atoms with Crippen LogP contribution in [0.3, 0.4) is 0 Å². The van der Waals surface area contributed by atoms with Crippen LogP contribution in [0.4, 0.5) is 5.13 Å². The van der Waals surface area contributed by atoms with E-state index in [0.717, 1.165) is 18.2 Å². The number of hydrogen-bond acceptors (Lipinski definition) is 6. The molecule has 3 aromatic rings. The maximum Gasteiger partial charge on any atom is 0.292 e. The van der Waals surface area contributed by atoms with E-state index in [9.17, 15) is 4.79 Å². The standard InChI is InChI=1S/C17H18N4O2S/c1-12-3-2-4-13(9-12)10-21-11-18-16(22)14-15(21)19-17(24-14)20-5-7-23-8-6-20/h2-4,9,11H,5-8,10H2,1H3. The summed E-state index contributed by atoms with van der Waals surface area (Å²) in [6.07, 6.45) is 1.59. The molecule has 6 nitrogen and oxygen atoms in total. The lowest BCUT2D eigenvalue weighted by Gasteiger charge is -2.25. The summed E-state index contributed by atoms with van der Waals surface area (Å²) in [7, 11) is 0. The summed E-state index contributed by atoms with van der Waals surface area (Å²) < 4.78 is 7.96. The lowest BCUT2D eigenvalue weighted by atomic mass is 10.1. The Morgan fingerprint density at radius 2 is 2.12 bits per heavy atom. The fourth-order valence-electron chi connectivity index (χ4n) is 2.88. The van der Waals surface area contributed by atoms with Gasteiger partial charge in [0, 0.05) is 13.1 Å². The molecule has 1 aromatic carbocycles. The summed E-state index contributed by atoms with van der Waals surface area (Å²) in [5, 5.41) is 0.872. The molecule has 1 saturated heterocycles. The summed E-state index contributed by atoms with van der Waals surface area (Å²) >= 11 is 1.42. The molecule has 0 amide bonds. The minimum atomic E-state index is -0.206. The van der Waals surface area contributed by atoms with Crippen LogP contribution in [0, 0.1) is 6.92 Å². The van der Waals surface area contributed by atoms with E-state index in [4.69, 9.17) is 9.72 Å². The summed E-state index contributed by atoms with van der Waals surface area (Å²) in [4.78, 5) is 23.1. The van der Waals surface area contributed by atoms with Gasteiger partial charge in [0.15, 0.2) is 10.8 Å². The fraction of sp³-hybridized carbons (Fsp3) is 0.353. The molecule has 0 atom stereocenters. The third-order valence-corrected chi connectivity index (χ3v) is 5.19. The average Bonchev–Trinajstić information content (AvgIpc) is 3.05. The van der Waals surface area contributed by atoms with E-state index < -0.39 is 0 Å². The predicted octanol–water partition coefficient (Wildman–Crippen LogP) is 2.05. The molecule has 2 aromatic heterocycles. The van der Waals surface area contributed by atoms with Crippen LogP contribution in [0.25, 0.3) is 10.3 Å². The van der Waals surface area contributed by atoms with Crippen LogP contribution in [0.5, 0.6) is 0 Å². The lowest BCUT2D eigenvalue weighted by molar-refractivity contribution is 0.122. The molecule has 3 heterocycles. The van der Waals surface area contributed by atoms with Crippen LogP contribution in [0.2, 0.25) is 0 Å². The Morgan fingerprint density at radius 1 is 1.29 bits per heavy atom. The number of thiazole rings is 1. The van der Waals surface area contributed by atoms with Crippen LogP contribution in [0.1, 0.15) is 11.1 Å². The average molecular weight is 342 g/mol. The molecule has 0 bridgehead atoms. The molecule has 0 aliphatic carbocycles. The number of morpholine rings is 1. The van der Waals surface area contributed by atoms with Crippen LogP contribution >= 0.6 is 11.3 Å². The number of aryl methyl sites for hydroxylation is 1. The van der Waals surface area contributed by atoms with Crippen molar-refractivity contribution in [2.75, 3.05) is 31.2 Å². The Labute approximate surface area is 143 Å². The van der Waals surface area contributed by atoms with Crippen molar-refractivity contribution in [3.05, 3.63) is 52.1 Å². The van der Waals surface area contributed by atoms with Crippen LogP contribution in [-0.4, -0.2) is 40.8 Å². The van der Waals surface area contributed by atoms with E-state index >= 15 is 0 Å². The van der Waals surface area contributed by atoms with Crippen LogP contribution < -0.4 is 10.5 Å². The Morgan fingerprint density at radius 3 is 2.92 bits per heavy atom. The first-order valence-electron chi connectivity index (χ1n) is 7.95. The van der Waals surface area contributed by atoms with E-state index in [1.165, 1.54) is 22.5 Å². The first-order chi connectivity index (χ1) is 11.7. The fourth-order valence-corrected chi connectivity index (χ4v) is 3.90. The van der Waals surface area contributed by atoms with E-state index in [-0.39, 0.29) is 5.56 Å². The molecule has 0 unspecified atom stereocenters. The molecule has 24 heavy (non-hydrogen) atoms. The van der Waals surface area contributed by atoms with Gasteiger partial charge in [-0.1, -0.05) is 41.2 Å². The minimum Gasteiger partial charge on any atom is -0.378 e. The molecule has 1 aliphatic rings. The molecule has 0 radical (unpaired) electrons. The second-order valence-electron chi connectivity index (χ2n) is 5.92. The van der Waals surface area contributed by atoms with Gasteiger partial charge in [-0.05, 0) is 12.5 Å². The molecule has 0 saturated carbocycles. The summed E-state index contributed by atoms with van der Waals surface area (Å²) in [6, 6.07) is 8.32. The highest BCUT2D eigenvalue weighted by molar-refractivity contribution is 7.22. The smallest absolute Gasteiger partial charge is 0.292 e. The maximum absolute atomic E-state index is 12.1. The molecule has 7 heteroatoms. The topological polar surface area (TPSA) is 60.2 Å². The molecule has 124 valence electrons. The molecule has 1 aliphatic heterocycles. The van der Waals surface area contributed by atoms with Crippen molar-refractivity contribution >= 4 is 26.8 Å². The van der Waals surface area contributed by atoms with Crippen molar-refractivity contribution in [1.29, 1.82) is 0 Å². The van der Waals surface area contributed by atoms with Gasteiger partial charge in [-0.15, -0.1) is 0 Å². The highest BCUT2D eigenvalue weighted by Gasteiger charge is 2.18. The predicted molar refractivity (Wildman–Crippen MR) is 95.0 cm³/mol. The lowest BCUT2D eigenvalue weighted by Crippen LogP contribution is -2.36. The molecular weight excluding hydrogens is 324 g/mol. The molecule has 1 fully saturated rings. The molecule has 0 N–H and O–H groups in total. The minimum absolute atomic E-state index is 0.206. The SMILES string of the molecule is Cc1cccc(Cn2cnc(=O)c3sc(N4CCOCC4)nc32)c1. The Kier molecular flexibility index (Phi) is 4.03.